The average Bonchev–Trinajstić information content (AvgIpc) is 3.26. The summed E-state index contributed by atoms with van der Waals surface area (Å²) >= 11 is 0. The van der Waals surface area contributed by atoms with E-state index >= 15 is 0 Å². The number of rotatable bonds is 6. The van der Waals surface area contributed by atoms with Crippen molar-refractivity contribution in [2.45, 2.75) is 19.4 Å². The average molecular weight is 344 g/mol. The molecule has 0 radical (unpaired) electrons. The zero-order valence-electron chi connectivity index (χ0n) is 15.6. The highest BCUT2D eigenvalue weighted by molar-refractivity contribution is 5.39. The van der Waals surface area contributed by atoms with Crippen LogP contribution in [-0.4, -0.2) is 46.9 Å². The molecule has 4 nitrogen and oxygen atoms in total. The van der Waals surface area contributed by atoms with E-state index in [0.717, 1.165) is 35.8 Å². The van der Waals surface area contributed by atoms with Crippen molar-refractivity contribution in [1.29, 1.82) is 0 Å². The van der Waals surface area contributed by atoms with Crippen LogP contribution < -0.4 is 19.3 Å². The highest BCUT2D eigenvalue weighted by Crippen LogP contribution is 2.42. The number of nitrogens with one attached hydrogen (secondary N) is 2. The van der Waals surface area contributed by atoms with E-state index in [9.17, 15) is 0 Å². The van der Waals surface area contributed by atoms with Crippen molar-refractivity contribution in [3.05, 3.63) is 35.9 Å². The van der Waals surface area contributed by atoms with Crippen LogP contribution in [0.2, 0.25) is 0 Å². The van der Waals surface area contributed by atoms with Crippen molar-refractivity contribution in [2.75, 3.05) is 46.9 Å². The van der Waals surface area contributed by atoms with E-state index in [2.05, 4.69) is 18.2 Å². The molecule has 0 aromatic heterocycles. The van der Waals surface area contributed by atoms with Gasteiger partial charge in [0.1, 0.15) is 44.2 Å². The second-order valence-corrected chi connectivity index (χ2v) is 8.10. The van der Waals surface area contributed by atoms with Gasteiger partial charge < -0.3 is 19.3 Å². The van der Waals surface area contributed by atoms with Crippen molar-refractivity contribution in [1.82, 2.24) is 0 Å². The first-order valence-electron chi connectivity index (χ1n) is 9.81. The third-order valence-corrected chi connectivity index (χ3v) is 6.56. The quantitative estimate of drug-likeness (QED) is 0.722. The molecule has 0 amide bonds. The first-order valence-corrected chi connectivity index (χ1v) is 9.81. The lowest BCUT2D eigenvalue weighted by Crippen LogP contribution is -3.27. The molecule has 3 atom stereocenters. The molecule has 2 fully saturated rings. The normalized spacial score (nSPS) is 33.6. The Bertz CT molecular complexity index is 622. The van der Waals surface area contributed by atoms with Gasteiger partial charge in [-0.3, -0.25) is 0 Å². The number of ether oxygens (including phenoxy) is 2. The molecule has 2 bridgehead atoms. The number of hydrogen-bond donors (Lipinski definition) is 2. The van der Waals surface area contributed by atoms with Crippen molar-refractivity contribution < 1.29 is 19.3 Å². The first-order chi connectivity index (χ1) is 12.2. The fourth-order valence-electron chi connectivity index (χ4n) is 5.13. The van der Waals surface area contributed by atoms with Crippen molar-refractivity contribution in [3.8, 4) is 11.5 Å². The van der Waals surface area contributed by atoms with Gasteiger partial charge in [-0.2, -0.15) is 0 Å². The predicted molar refractivity (Wildman–Crippen MR) is 98.4 cm³/mol. The summed E-state index contributed by atoms with van der Waals surface area (Å²) in [5, 5.41) is 0. The summed E-state index contributed by atoms with van der Waals surface area (Å²) in [6.45, 7) is 7.54. The summed E-state index contributed by atoms with van der Waals surface area (Å²) in [4.78, 5) is 3.50. The molecule has 3 aliphatic rings. The Hall–Kier alpha value is -1.52. The van der Waals surface area contributed by atoms with Gasteiger partial charge in [0.05, 0.1) is 26.3 Å². The van der Waals surface area contributed by atoms with Crippen LogP contribution >= 0.6 is 0 Å². The molecule has 1 saturated heterocycles. The number of methoxy groups -OCH3 is 2. The highest BCUT2D eigenvalue weighted by atomic mass is 16.5. The molecular formula is C21H32N2O2+2. The Balaban J connectivity index is 1.29. The van der Waals surface area contributed by atoms with Crippen LogP contribution in [0.5, 0.6) is 11.5 Å². The van der Waals surface area contributed by atoms with Gasteiger partial charge in [0.2, 0.25) is 0 Å². The SMILES string of the molecule is COc1ccc(OC)c(C[NH+]2CC[NH+](C[C@H]3C[C@H]4C=C[C@H]3C4)CC2)c1. The largest absolute Gasteiger partial charge is 0.497 e. The van der Waals surface area contributed by atoms with Crippen LogP contribution in [0.25, 0.3) is 0 Å². The second-order valence-electron chi connectivity index (χ2n) is 8.10. The predicted octanol–water partition coefficient (Wildman–Crippen LogP) is 0.199. The molecule has 0 spiro atoms. The van der Waals surface area contributed by atoms with Crippen LogP contribution in [0.1, 0.15) is 18.4 Å². The van der Waals surface area contributed by atoms with Crippen molar-refractivity contribution in [2.24, 2.45) is 17.8 Å². The lowest BCUT2D eigenvalue weighted by atomic mass is 9.93. The number of quaternary nitrogens is 2. The maximum atomic E-state index is 5.54. The summed E-state index contributed by atoms with van der Waals surface area (Å²) in [5.74, 6) is 4.65. The smallest absolute Gasteiger partial charge is 0.127 e. The van der Waals surface area contributed by atoms with Gasteiger partial charge in [-0.1, -0.05) is 12.2 Å². The zero-order valence-corrected chi connectivity index (χ0v) is 15.6. The van der Waals surface area contributed by atoms with E-state index in [-0.39, 0.29) is 0 Å². The lowest BCUT2D eigenvalue weighted by Gasteiger charge is -2.32. The van der Waals surface area contributed by atoms with E-state index in [1.807, 2.05) is 17.0 Å². The van der Waals surface area contributed by atoms with Crippen LogP contribution in [0.15, 0.2) is 30.4 Å². The van der Waals surface area contributed by atoms with E-state index in [1.54, 1.807) is 19.1 Å². The van der Waals surface area contributed by atoms with Gasteiger partial charge in [-0.25, -0.2) is 0 Å². The van der Waals surface area contributed by atoms with Gasteiger partial charge in [-0.15, -0.1) is 0 Å². The second kappa shape index (κ2) is 7.38. The molecule has 136 valence electrons. The Morgan fingerprint density at radius 1 is 0.960 bits per heavy atom. The minimum absolute atomic E-state index is 0.893. The number of benzene rings is 1. The third kappa shape index (κ3) is 3.70. The van der Waals surface area contributed by atoms with E-state index in [4.69, 9.17) is 9.47 Å². The first kappa shape index (κ1) is 16.9. The molecular weight excluding hydrogens is 312 g/mol. The summed E-state index contributed by atoms with van der Waals surface area (Å²) in [6, 6.07) is 6.13. The van der Waals surface area contributed by atoms with Gasteiger partial charge in [0.15, 0.2) is 0 Å². The summed E-state index contributed by atoms with van der Waals surface area (Å²) in [7, 11) is 3.48. The topological polar surface area (TPSA) is 27.3 Å². The molecule has 4 heteroatoms. The molecule has 1 aliphatic heterocycles. The molecule has 1 saturated carbocycles. The number of piperazine rings is 1. The Labute approximate surface area is 151 Å². The summed E-state index contributed by atoms with van der Waals surface area (Å²) < 4.78 is 10.9. The van der Waals surface area contributed by atoms with Crippen LogP contribution in [0.4, 0.5) is 0 Å². The molecule has 2 N–H and O–H groups in total. The van der Waals surface area contributed by atoms with Crippen LogP contribution in [0, 0.1) is 17.8 Å². The minimum atomic E-state index is 0.893. The standard InChI is InChI=1S/C21H30N2O2/c1-24-20-5-6-21(25-2)19(13-20)15-23-9-7-22(8-10-23)14-18-12-16-3-4-17(18)11-16/h3-6,13,16-18H,7-12,14-15H2,1-2H3/p+2/t16-,17-,18+/m0/s1. The monoisotopic (exact) mass is 344 g/mol. The Morgan fingerprint density at radius 3 is 2.40 bits per heavy atom. The number of hydrogen-bond acceptors (Lipinski definition) is 2. The van der Waals surface area contributed by atoms with Gasteiger partial charge >= 0.3 is 0 Å². The Kier molecular flexibility index (Phi) is 5.00. The van der Waals surface area contributed by atoms with E-state index in [1.165, 1.54) is 51.1 Å². The summed E-state index contributed by atoms with van der Waals surface area (Å²) in [5.41, 5.74) is 1.26. The summed E-state index contributed by atoms with van der Waals surface area (Å²) in [6.07, 6.45) is 7.84. The minimum Gasteiger partial charge on any atom is -0.497 e. The molecule has 25 heavy (non-hydrogen) atoms. The number of fused-ring (bicyclic) bond motifs is 2. The molecule has 0 unspecified atom stereocenters. The van der Waals surface area contributed by atoms with Crippen molar-refractivity contribution in [3.63, 3.8) is 0 Å². The van der Waals surface area contributed by atoms with Gasteiger partial charge in [0, 0.05) is 5.92 Å². The molecule has 1 aromatic rings. The van der Waals surface area contributed by atoms with E-state index < -0.39 is 0 Å². The zero-order chi connectivity index (χ0) is 17.2. The lowest BCUT2D eigenvalue weighted by molar-refractivity contribution is -1.02. The fourth-order valence-corrected chi connectivity index (χ4v) is 5.13. The number of allylic oxidation sites excluding steroid dienone is 2. The van der Waals surface area contributed by atoms with Crippen molar-refractivity contribution >= 4 is 0 Å². The highest BCUT2D eigenvalue weighted by Gasteiger charge is 2.38. The van der Waals surface area contributed by atoms with Crippen LogP contribution in [0.3, 0.4) is 0 Å². The Morgan fingerprint density at radius 2 is 1.76 bits per heavy atom. The fraction of sp³-hybridized carbons (Fsp3) is 0.619. The van der Waals surface area contributed by atoms with Gasteiger partial charge in [-0.05, 0) is 42.9 Å². The molecule has 4 rings (SSSR count). The van der Waals surface area contributed by atoms with Gasteiger partial charge in [0.25, 0.3) is 0 Å². The molecule has 1 heterocycles. The third-order valence-electron chi connectivity index (χ3n) is 6.56. The van der Waals surface area contributed by atoms with E-state index in [0.29, 0.717) is 0 Å². The molecule has 2 aliphatic carbocycles. The molecule has 1 aromatic carbocycles. The maximum Gasteiger partial charge on any atom is 0.127 e. The van der Waals surface area contributed by atoms with Crippen LogP contribution in [-0.2, 0) is 6.54 Å². The maximum absolute atomic E-state index is 5.54.